The Morgan fingerprint density at radius 1 is 1.18 bits per heavy atom. The van der Waals surface area contributed by atoms with Gasteiger partial charge in [0.25, 0.3) is 5.91 Å². The first-order valence-corrected chi connectivity index (χ1v) is 13.8. The second-order valence-corrected chi connectivity index (χ2v) is 10.7. The number of nitrogens with zero attached hydrogens (tertiary/aromatic N) is 3. The van der Waals surface area contributed by atoms with Gasteiger partial charge in [0.15, 0.2) is 5.69 Å². The number of hydrogen-bond acceptors (Lipinski definition) is 7. The maximum absolute atomic E-state index is 14.1. The average Bonchev–Trinajstić information content (AvgIpc) is 3.36. The van der Waals surface area contributed by atoms with Gasteiger partial charge in [0, 0.05) is 31.6 Å². The van der Waals surface area contributed by atoms with E-state index in [-0.39, 0.29) is 18.8 Å². The van der Waals surface area contributed by atoms with E-state index in [1.54, 1.807) is 17.0 Å². The summed E-state index contributed by atoms with van der Waals surface area (Å²) in [7, 11) is 0. The van der Waals surface area contributed by atoms with Crippen molar-refractivity contribution in [3.8, 4) is 5.75 Å². The zero-order valence-electron chi connectivity index (χ0n) is 22.1. The molecule has 40 heavy (non-hydrogen) atoms. The molecule has 2 fully saturated rings. The summed E-state index contributed by atoms with van der Waals surface area (Å²) in [6.45, 7) is 2.52. The van der Waals surface area contributed by atoms with Crippen molar-refractivity contribution in [2.75, 3.05) is 31.3 Å². The van der Waals surface area contributed by atoms with Crippen LogP contribution in [0.3, 0.4) is 0 Å². The third-order valence-electron chi connectivity index (χ3n) is 8.08. The molecule has 12 heteroatoms. The summed E-state index contributed by atoms with van der Waals surface area (Å²) < 4.78 is 53.6. The SMILES string of the molecule is O=C(NC1(C(=O)O)CCCCC1)c1cnc(N2CCc3cc(OCCC4CCOCC4)ccc32)nc1C(F)(F)F. The molecule has 2 aromatic rings. The van der Waals surface area contributed by atoms with Crippen LogP contribution in [0.1, 0.15) is 73.0 Å². The fourth-order valence-electron chi connectivity index (χ4n) is 5.77. The van der Waals surface area contributed by atoms with Crippen LogP contribution in [0.25, 0.3) is 0 Å². The standard InChI is InChI=1S/C28H33F3N4O5/c29-28(30,31)23-21(24(36)34-27(25(37)38)10-2-1-3-11-27)17-32-26(33-23)35-12-6-19-16-20(4-5-22(19)35)40-15-9-18-7-13-39-14-8-18/h4-5,16-18H,1-3,6-15H2,(H,34,36)(H,37,38). The average molecular weight is 563 g/mol. The molecule has 1 saturated heterocycles. The smallest absolute Gasteiger partial charge is 0.434 e. The van der Waals surface area contributed by atoms with Gasteiger partial charge in [-0.1, -0.05) is 19.3 Å². The van der Waals surface area contributed by atoms with E-state index >= 15 is 0 Å². The van der Waals surface area contributed by atoms with E-state index in [9.17, 15) is 27.9 Å². The van der Waals surface area contributed by atoms with Gasteiger partial charge in [-0.2, -0.15) is 13.2 Å². The van der Waals surface area contributed by atoms with Gasteiger partial charge in [0.1, 0.15) is 11.3 Å². The molecule has 0 spiro atoms. The Balaban J connectivity index is 1.32. The monoisotopic (exact) mass is 562 g/mol. The van der Waals surface area contributed by atoms with Crippen molar-refractivity contribution in [3.05, 3.63) is 41.2 Å². The van der Waals surface area contributed by atoms with Gasteiger partial charge in [0.05, 0.1) is 12.2 Å². The maximum atomic E-state index is 14.1. The fourth-order valence-corrected chi connectivity index (χ4v) is 5.77. The van der Waals surface area contributed by atoms with E-state index in [2.05, 4.69) is 15.3 Å². The second kappa shape index (κ2) is 11.6. The van der Waals surface area contributed by atoms with Crippen LogP contribution < -0.4 is 15.0 Å². The number of ether oxygens (including phenoxy) is 2. The highest BCUT2D eigenvalue weighted by Gasteiger charge is 2.44. The number of carbonyl (C=O) groups is 2. The highest BCUT2D eigenvalue weighted by Crippen LogP contribution is 2.38. The van der Waals surface area contributed by atoms with Gasteiger partial charge >= 0.3 is 12.1 Å². The molecule has 2 N–H and O–H groups in total. The normalized spacial score (nSPS) is 19.2. The van der Waals surface area contributed by atoms with Crippen LogP contribution in [0.2, 0.25) is 0 Å². The van der Waals surface area contributed by atoms with Gasteiger partial charge in [-0.15, -0.1) is 0 Å². The summed E-state index contributed by atoms with van der Waals surface area (Å²) in [4.78, 5) is 34.3. The zero-order chi connectivity index (χ0) is 28.3. The summed E-state index contributed by atoms with van der Waals surface area (Å²) in [5.74, 6) is -1.30. The predicted molar refractivity (Wildman–Crippen MR) is 139 cm³/mol. The first-order valence-electron chi connectivity index (χ1n) is 13.8. The van der Waals surface area contributed by atoms with Crippen LogP contribution in [-0.4, -0.2) is 58.9 Å². The summed E-state index contributed by atoms with van der Waals surface area (Å²) in [5.41, 5.74) is -2.21. The predicted octanol–water partition coefficient (Wildman–Crippen LogP) is 4.90. The number of anilines is 2. The number of aromatic nitrogens is 2. The van der Waals surface area contributed by atoms with Crippen molar-refractivity contribution in [2.45, 2.75) is 69.5 Å². The number of amides is 1. The number of alkyl halides is 3. The molecular formula is C28H33F3N4O5. The molecule has 2 aliphatic heterocycles. The van der Waals surface area contributed by atoms with Crippen LogP contribution in [0, 0.1) is 5.92 Å². The Labute approximate surface area is 230 Å². The molecule has 216 valence electrons. The van der Waals surface area contributed by atoms with Crippen molar-refractivity contribution >= 4 is 23.5 Å². The van der Waals surface area contributed by atoms with Gasteiger partial charge in [0.2, 0.25) is 5.95 Å². The largest absolute Gasteiger partial charge is 0.494 e. The highest BCUT2D eigenvalue weighted by molar-refractivity contribution is 5.98. The van der Waals surface area contributed by atoms with Gasteiger partial charge < -0.3 is 24.8 Å². The van der Waals surface area contributed by atoms with Crippen molar-refractivity contribution in [1.29, 1.82) is 0 Å². The molecule has 5 rings (SSSR count). The Morgan fingerprint density at radius 2 is 1.93 bits per heavy atom. The topological polar surface area (TPSA) is 114 Å². The number of benzene rings is 1. The molecule has 1 amide bonds. The molecule has 1 aliphatic carbocycles. The van der Waals surface area contributed by atoms with E-state index < -0.39 is 34.8 Å². The Bertz CT molecular complexity index is 1240. The molecular weight excluding hydrogens is 529 g/mol. The molecule has 3 aliphatic rings. The molecule has 0 bridgehead atoms. The van der Waals surface area contributed by atoms with Crippen molar-refractivity contribution in [2.24, 2.45) is 5.92 Å². The Kier molecular flexibility index (Phi) is 8.16. The summed E-state index contributed by atoms with van der Waals surface area (Å²) in [6.07, 6.45) is 1.69. The number of rotatable bonds is 8. The minimum Gasteiger partial charge on any atom is -0.494 e. The number of fused-ring (bicyclic) bond motifs is 1. The first-order chi connectivity index (χ1) is 19.2. The lowest BCUT2D eigenvalue weighted by Gasteiger charge is -2.34. The molecule has 0 unspecified atom stereocenters. The molecule has 0 radical (unpaired) electrons. The van der Waals surface area contributed by atoms with Gasteiger partial charge in [-0.3, -0.25) is 4.79 Å². The van der Waals surface area contributed by atoms with Crippen LogP contribution in [-0.2, 0) is 22.1 Å². The summed E-state index contributed by atoms with van der Waals surface area (Å²) in [5, 5.41) is 12.1. The molecule has 0 atom stereocenters. The third-order valence-corrected chi connectivity index (χ3v) is 8.08. The number of halogens is 3. The lowest BCUT2D eigenvalue weighted by Crippen LogP contribution is -2.55. The maximum Gasteiger partial charge on any atom is 0.434 e. The van der Waals surface area contributed by atoms with Crippen molar-refractivity contribution < 1.29 is 37.3 Å². The van der Waals surface area contributed by atoms with Gasteiger partial charge in [-0.25, -0.2) is 14.8 Å². The molecule has 1 saturated carbocycles. The van der Waals surface area contributed by atoms with E-state index in [0.29, 0.717) is 49.8 Å². The molecule has 3 heterocycles. The Hall–Kier alpha value is -3.41. The van der Waals surface area contributed by atoms with E-state index in [1.807, 2.05) is 6.07 Å². The van der Waals surface area contributed by atoms with Crippen molar-refractivity contribution in [3.63, 3.8) is 0 Å². The lowest BCUT2D eigenvalue weighted by molar-refractivity contribution is -0.145. The number of carbonyl (C=O) groups excluding carboxylic acids is 1. The number of carboxylic acids is 1. The van der Waals surface area contributed by atoms with Crippen LogP contribution in [0.15, 0.2) is 24.4 Å². The third kappa shape index (κ3) is 6.01. The van der Waals surface area contributed by atoms with Crippen LogP contribution in [0.5, 0.6) is 5.75 Å². The number of carboxylic acid groups (broad SMARTS) is 1. The number of hydrogen-bond donors (Lipinski definition) is 2. The highest BCUT2D eigenvalue weighted by atomic mass is 19.4. The quantitative estimate of drug-likeness (QED) is 0.467. The van der Waals surface area contributed by atoms with Crippen LogP contribution in [0.4, 0.5) is 24.8 Å². The number of nitrogens with one attached hydrogen (secondary N) is 1. The van der Waals surface area contributed by atoms with Gasteiger partial charge in [-0.05, 0) is 68.2 Å². The van der Waals surface area contributed by atoms with Crippen LogP contribution >= 0.6 is 0 Å². The molecule has 1 aromatic carbocycles. The minimum atomic E-state index is -4.95. The van der Waals surface area contributed by atoms with E-state index in [1.165, 1.54) is 0 Å². The first kappa shape index (κ1) is 28.1. The molecule has 9 nitrogen and oxygen atoms in total. The van der Waals surface area contributed by atoms with E-state index in [4.69, 9.17) is 9.47 Å². The van der Waals surface area contributed by atoms with Crippen molar-refractivity contribution in [1.82, 2.24) is 15.3 Å². The number of aliphatic carboxylic acids is 1. The minimum absolute atomic E-state index is 0.153. The second-order valence-electron chi connectivity index (χ2n) is 10.7. The fraction of sp³-hybridized carbons (Fsp3) is 0.571. The van der Waals surface area contributed by atoms with E-state index in [0.717, 1.165) is 50.7 Å². The Morgan fingerprint density at radius 3 is 2.62 bits per heavy atom. The summed E-state index contributed by atoms with van der Waals surface area (Å²) in [6, 6.07) is 5.45. The lowest BCUT2D eigenvalue weighted by atomic mass is 9.81. The summed E-state index contributed by atoms with van der Waals surface area (Å²) >= 11 is 0. The molecule has 1 aromatic heterocycles. The zero-order valence-corrected chi connectivity index (χ0v) is 22.1.